The van der Waals surface area contributed by atoms with E-state index >= 15 is 0 Å². The number of fused-ring (bicyclic) bond motifs is 1. The molecule has 0 aromatic heterocycles. The first-order chi connectivity index (χ1) is 9.19. The van der Waals surface area contributed by atoms with Crippen molar-refractivity contribution >= 4 is 5.91 Å². The molecule has 2 unspecified atom stereocenters. The number of phenols is 1. The van der Waals surface area contributed by atoms with E-state index in [-0.39, 0.29) is 11.7 Å². The Labute approximate surface area is 112 Å². The number of nitrogens with one attached hydrogen (secondary N) is 1. The predicted octanol–water partition coefficient (Wildman–Crippen LogP) is 0.692. The maximum Gasteiger partial charge on any atom is 0.254 e. The molecule has 19 heavy (non-hydrogen) atoms. The van der Waals surface area contributed by atoms with Gasteiger partial charge in [-0.3, -0.25) is 4.79 Å². The molecule has 0 bridgehead atoms. The fourth-order valence-corrected chi connectivity index (χ4v) is 3.03. The van der Waals surface area contributed by atoms with Gasteiger partial charge in [-0.05, 0) is 30.0 Å². The van der Waals surface area contributed by atoms with E-state index in [1.165, 1.54) is 13.2 Å². The fraction of sp³-hybridized carbons (Fsp3) is 0.500. The van der Waals surface area contributed by atoms with Gasteiger partial charge in [-0.15, -0.1) is 0 Å². The molecule has 2 atom stereocenters. The number of amides is 1. The number of benzene rings is 1. The van der Waals surface area contributed by atoms with Gasteiger partial charge in [0.05, 0.1) is 7.11 Å². The summed E-state index contributed by atoms with van der Waals surface area (Å²) in [4.78, 5) is 14.3. The largest absolute Gasteiger partial charge is 0.504 e. The average Bonchev–Trinajstić information content (AvgIpc) is 2.98. The van der Waals surface area contributed by atoms with Crippen molar-refractivity contribution in [3.8, 4) is 11.5 Å². The summed E-state index contributed by atoms with van der Waals surface area (Å²) >= 11 is 0. The van der Waals surface area contributed by atoms with Gasteiger partial charge in [0, 0.05) is 31.7 Å². The summed E-state index contributed by atoms with van der Waals surface area (Å²) in [6.07, 6.45) is 0. The minimum atomic E-state index is -0.00708. The number of carbonyl (C=O) groups is 1. The molecule has 0 radical (unpaired) electrons. The number of nitrogens with zero attached hydrogens (tertiary/aromatic N) is 1. The van der Waals surface area contributed by atoms with Crippen LogP contribution in [0.5, 0.6) is 11.5 Å². The Morgan fingerprint density at radius 1 is 1.37 bits per heavy atom. The molecule has 3 rings (SSSR count). The highest BCUT2D eigenvalue weighted by molar-refractivity contribution is 5.95. The topological polar surface area (TPSA) is 61.8 Å². The van der Waals surface area contributed by atoms with Crippen LogP contribution in [0.15, 0.2) is 18.2 Å². The Morgan fingerprint density at radius 2 is 2.05 bits per heavy atom. The van der Waals surface area contributed by atoms with Crippen LogP contribution in [0.2, 0.25) is 0 Å². The molecule has 5 nitrogen and oxygen atoms in total. The lowest BCUT2D eigenvalue weighted by Crippen LogP contribution is -2.31. The number of hydrogen-bond acceptors (Lipinski definition) is 4. The van der Waals surface area contributed by atoms with E-state index < -0.39 is 0 Å². The van der Waals surface area contributed by atoms with Crippen molar-refractivity contribution in [1.82, 2.24) is 10.2 Å². The third kappa shape index (κ3) is 2.14. The zero-order valence-corrected chi connectivity index (χ0v) is 10.9. The minimum absolute atomic E-state index is 0.00708. The standard InChI is InChI=1S/C14H18N2O3/c1-19-13-3-2-9(4-12(13)17)14(18)16-7-10-5-15-6-11(10)8-16/h2-4,10-11,15,17H,5-8H2,1H3. The van der Waals surface area contributed by atoms with Gasteiger partial charge < -0.3 is 20.1 Å². The van der Waals surface area contributed by atoms with E-state index in [0.29, 0.717) is 23.1 Å². The highest BCUT2D eigenvalue weighted by Crippen LogP contribution is 2.30. The maximum atomic E-state index is 12.4. The van der Waals surface area contributed by atoms with Crippen LogP contribution in [0.3, 0.4) is 0 Å². The summed E-state index contributed by atoms with van der Waals surface area (Å²) in [6, 6.07) is 4.81. The van der Waals surface area contributed by atoms with Gasteiger partial charge in [0.2, 0.25) is 0 Å². The van der Waals surface area contributed by atoms with Crippen LogP contribution in [0.1, 0.15) is 10.4 Å². The van der Waals surface area contributed by atoms with E-state index in [9.17, 15) is 9.90 Å². The molecule has 1 aromatic rings. The Morgan fingerprint density at radius 3 is 2.63 bits per heavy atom. The first kappa shape index (κ1) is 12.3. The summed E-state index contributed by atoms with van der Waals surface area (Å²) < 4.78 is 4.98. The molecule has 1 aromatic carbocycles. The van der Waals surface area contributed by atoms with Crippen molar-refractivity contribution in [1.29, 1.82) is 0 Å². The molecule has 2 N–H and O–H groups in total. The van der Waals surface area contributed by atoms with Gasteiger partial charge in [-0.25, -0.2) is 0 Å². The second-order valence-corrected chi connectivity index (χ2v) is 5.28. The highest BCUT2D eigenvalue weighted by Gasteiger charge is 2.38. The van der Waals surface area contributed by atoms with Crippen molar-refractivity contribution in [3.05, 3.63) is 23.8 Å². The molecule has 0 spiro atoms. The van der Waals surface area contributed by atoms with Gasteiger partial charge in [0.1, 0.15) is 0 Å². The second kappa shape index (κ2) is 4.74. The van der Waals surface area contributed by atoms with Gasteiger partial charge in [0.15, 0.2) is 11.5 Å². The minimum Gasteiger partial charge on any atom is -0.504 e. The Kier molecular flexibility index (Phi) is 3.06. The molecule has 2 aliphatic rings. The molecule has 2 aliphatic heterocycles. The number of ether oxygens (including phenoxy) is 1. The highest BCUT2D eigenvalue weighted by atomic mass is 16.5. The molecule has 2 saturated heterocycles. The van der Waals surface area contributed by atoms with Crippen LogP contribution in [-0.2, 0) is 0 Å². The number of aromatic hydroxyl groups is 1. The first-order valence-corrected chi connectivity index (χ1v) is 6.56. The number of carbonyl (C=O) groups excluding carboxylic acids is 1. The van der Waals surface area contributed by atoms with Crippen LogP contribution >= 0.6 is 0 Å². The monoisotopic (exact) mass is 262 g/mol. The molecule has 0 saturated carbocycles. The van der Waals surface area contributed by atoms with E-state index in [1.807, 2.05) is 4.90 Å². The van der Waals surface area contributed by atoms with Crippen molar-refractivity contribution < 1.29 is 14.6 Å². The maximum absolute atomic E-state index is 12.4. The molecule has 102 valence electrons. The summed E-state index contributed by atoms with van der Waals surface area (Å²) in [5.41, 5.74) is 0.520. The molecule has 1 amide bonds. The van der Waals surface area contributed by atoms with Crippen molar-refractivity contribution in [2.45, 2.75) is 0 Å². The number of phenolic OH excluding ortho intramolecular Hbond substituents is 1. The van der Waals surface area contributed by atoms with E-state index in [2.05, 4.69) is 5.32 Å². The Hall–Kier alpha value is -1.75. The normalized spacial score (nSPS) is 25.4. The summed E-state index contributed by atoms with van der Waals surface area (Å²) in [5, 5.41) is 13.1. The van der Waals surface area contributed by atoms with Gasteiger partial charge in [-0.1, -0.05) is 0 Å². The lowest BCUT2D eigenvalue weighted by atomic mass is 10.0. The van der Waals surface area contributed by atoms with Crippen LogP contribution in [0.4, 0.5) is 0 Å². The first-order valence-electron chi connectivity index (χ1n) is 6.56. The molecule has 5 heteroatoms. The average molecular weight is 262 g/mol. The third-order valence-corrected chi connectivity index (χ3v) is 4.10. The van der Waals surface area contributed by atoms with Gasteiger partial charge >= 0.3 is 0 Å². The zero-order chi connectivity index (χ0) is 13.4. The summed E-state index contributed by atoms with van der Waals surface area (Å²) in [6.45, 7) is 3.62. The molecule has 2 heterocycles. The number of rotatable bonds is 2. The number of hydrogen-bond donors (Lipinski definition) is 2. The van der Waals surface area contributed by atoms with E-state index in [1.54, 1.807) is 12.1 Å². The molecular weight excluding hydrogens is 244 g/mol. The van der Waals surface area contributed by atoms with E-state index in [4.69, 9.17) is 4.74 Å². The third-order valence-electron chi connectivity index (χ3n) is 4.10. The Balaban J connectivity index is 1.75. The second-order valence-electron chi connectivity index (χ2n) is 5.28. The molecule has 2 fully saturated rings. The Bertz CT molecular complexity index is 491. The van der Waals surface area contributed by atoms with Crippen molar-refractivity contribution in [2.24, 2.45) is 11.8 Å². The van der Waals surface area contributed by atoms with Crippen LogP contribution < -0.4 is 10.1 Å². The molecule has 0 aliphatic carbocycles. The zero-order valence-electron chi connectivity index (χ0n) is 10.9. The van der Waals surface area contributed by atoms with Crippen LogP contribution in [0, 0.1) is 11.8 Å². The van der Waals surface area contributed by atoms with Crippen LogP contribution in [0.25, 0.3) is 0 Å². The van der Waals surface area contributed by atoms with Crippen molar-refractivity contribution in [3.63, 3.8) is 0 Å². The SMILES string of the molecule is COc1ccc(C(=O)N2CC3CNCC3C2)cc1O. The lowest BCUT2D eigenvalue weighted by molar-refractivity contribution is 0.0781. The predicted molar refractivity (Wildman–Crippen MR) is 70.4 cm³/mol. The summed E-state index contributed by atoms with van der Waals surface area (Å²) in [5.74, 6) is 1.55. The summed E-state index contributed by atoms with van der Waals surface area (Å²) in [7, 11) is 1.49. The van der Waals surface area contributed by atoms with Gasteiger partial charge in [0.25, 0.3) is 5.91 Å². The molecular formula is C14H18N2O3. The van der Waals surface area contributed by atoms with Crippen molar-refractivity contribution in [2.75, 3.05) is 33.3 Å². The lowest BCUT2D eigenvalue weighted by Gasteiger charge is -2.18. The van der Waals surface area contributed by atoms with Crippen LogP contribution in [-0.4, -0.2) is 49.2 Å². The number of likely N-dealkylation sites (tertiary alicyclic amines) is 1. The smallest absolute Gasteiger partial charge is 0.254 e. The number of methoxy groups -OCH3 is 1. The quantitative estimate of drug-likeness (QED) is 0.823. The fourth-order valence-electron chi connectivity index (χ4n) is 3.03. The van der Waals surface area contributed by atoms with E-state index in [0.717, 1.165) is 26.2 Å². The van der Waals surface area contributed by atoms with Gasteiger partial charge in [-0.2, -0.15) is 0 Å².